The molecule has 0 bridgehead atoms. The predicted molar refractivity (Wildman–Crippen MR) is 57.9 cm³/mol. The molecule has 0 aromatic heterocycles. The zero-order valence-corrected chi connectivity index (χ0v) is 8.73. The second-order valence-corrected chi connectivity index (χ2v) is 3.44. The van der Waals surface area contributed by atoms with Crippen LogP contribution >= 0.6 is 0 Å². The fourth-order valence-electron chi connectivity index (χ4n) is 1.61. The summed E-state index contributed by atoms with van der Waals surface area (Å²) in [6.07, 6.45) is -0.00625. The first kappa shape index (κ1) is 10.5. The Labute approximate surface area is 90.7 Å². The zero-order valence-electron chi connectivity index (χ0n) is 8.73. The van der Waals surface area contributed by atoms with Crippen molar-refractivity contribution in [2.75, 3.05) is 26.9 Å². The van der Waals surface area contributed by atoms with Crippen LogP contribution in [0.15, 0.2) is 18.2 Å². The SMILES string of the molecule is [B]c1ccc(C2COCCO2)cc1OC. The van der Waals surface area contributed by atoms with E-state index in [-0.39, 0.29) is 6.10 Å². The van der Waals surface area contributed by atoms with Crippen LogP contribution in [-0.4, -0.2) is 34.8 Å². The first-order chi connectivity index (χ1) is 7.31. The second-order valence-electron chi connectivity index (χ2n) is 3.44. The zero-order chi connectivity index (χ0) is 10.7. The molecule has 2 radical (unpaired) electrons. The van der Waals surface area contributed by atoms with Crippen LogP contribution in [0, 0.1) is 0 Å². The fraction of sp³-hybridized carbons (Fsp3) is 0.455. The summed E-state index contributed by atoms with van der Waals surface area (Å²) in [4.78, 5) is 0. The van der Waals surface area contributed by atoms with Crippen LogP contribution in [0.3, 0.4) is 0 Å². The molecule has 15 heavy (non-hydrogen) atoms. The highest BCUT2D eigenvalue weighted by Crippen LogP contribution is 2.22. The van der Waals surface area contributed by atoms with Crippen molar-refractivity contribution in [2.24, 2.45) is 0 Å². The molecule has 1 heterocycles. The van der Waals surface area contributed by atoms with Gasteiger partial charge in [-0.15, -0.1) is 0 Å². The Balaban J connectivity index is 2.20. The van der Waals surface area contributed by atoms with E-state index >= 15 is 0 Å². The van der Waals surface area contributed by atoms with Crippen molar-refractivity contribution >= 4 is 13.3 Å². The third-order valence-electron chi connectivity index (χ3n) is 2.45. The van der Waals surface area contributed by atoms with Crippen molar-refractivity contribution in [2.45, 2.75) is 6.10 Å². The summed E-state index contributed by atoms with van der Waals surface area (Å²) in [6, 6.07) is 5.66. The van der Waals surface area contributed by atoms with Gasteiger partial charge >= 0.3 is 0 Å². The van der Waals surface area contributed by atoms with Crippen LogP contribution in [-0.2, 0) is 9.47 Å². The van der Waals surface area contributed by atoms with E-state index in [0.717, 1.165) is 5.56 Å². The van der Waals surface area contributed by atoms with Gasteiger partial charge in [0.25, 0.3) is 0 Å². The molecule has 3 nitrogen and oxygen atoms in total. The van der Waals surface area contributed by atoms with Gasteiger partial charge in [0.1, 0.15) is 19.7 Å². The van der Waals surface area contributed by atoms with Crippen molar-refractivity contribution in [1.82, 2.24) is 0 Å². The third kappa shape index (κ3) is 2.33. The molecule has 0 spiro atoms. The predicted octanol–water partition coefficient (Wildman–Crippen LogP) is 0.577. The van der Waals surface area contributed by atoms with Crippen molar-refractivity contribution in [3.8, 4) is 5.75 Å². The molecule has 0 N–H and O–H groups in total. The topological polar surface area (TPSA) is 27.7 Å². The van der Waals surface area contributed by atoms with E-state index in [2.05, 4.69) is 0 Å². The van der Waals surface area contributed by atoms with Crippen LogP contribution < -0.4 is 10.2 Å². The van der Waals surface area contributed by atoms with Crippen molar-refractivity contribution < 1.29 is 14.2 Å². The molecule has 0 saturated carbocycles. The molecule has 1 aliphatic heterocycles. The lowest BCUT2D eigenvalue weighted by Gasteiger charge is -2.23. The molecule has 1 aromatic rings. The summed E-state index contributed by atoms with van der Waals surface area (Å²) in [6.45, 7) is 1.90. The monoisotopic (exact) mass is 204 g/mol. The van der Waals surface area contributed by atoms with Gasteiger partial charge in [0.15, 0.2) is 0 Å². The van der Waals surface area contributed by atoms with E-state index in [0.29, 0.717) is 31.0 Å². The normalized spacial score (nSPS) is 21.3. The molecule has 4 heteroatoms. The maximum Gasteiger partial charge on any atom is 0.119 e. The lowest BCUT2D eigenvalue weighted by atomic mass is 9.93. The van der Waals surface area contributed by atoms with Crippen LogP contribution in [0.25, 0.3) is 0 Å². The number of hydrogen-bond acceptors (Lipinski definition) is 3. The number of hydrogen-bond donors (Lipinski definition) is 0. The Morgan fingerprint density at radius 3 is 2.93 bits per heavy atom. The van der Waals surface area contributed by atoms with Gasteiger partial charge in [-0.25, -0.2) is 0 Å². The summed E-state index contributed by atoms with van der Waals surface area (Å²) < 4.78 is 16.1. The Morgan fingerprint density at radius 1 is 1.40 bits per heavy atom. The first-order valence-corrected chi connectivity index (χ1v) is 4.94. The Kier molecular flexibility index (Phi) is 3.28. The smallest absolute Gasteiger partial charge is 0.119 e. The molecule has 1 aliphatic rings. The molecule has 0 aliphatic carbocycles. The highest BCUT2D eigenvalue weighted by Gasteiger charge is 2.17. The second kappa shape index (κ2) is 4.68. The van der Waals surface area contributed by atoms with E-state index in [1.165, 1.54) is 0 Å². The van der Waals surface area contributed by atoms with Gasteiger partial charge in [-0.05, 0) is 11.6 Å². The lowest BCUT2D eigenvalue weighted by Crippen LogP contribution is -2.22. The maximum absolute atomic E-state index is 5.73. The Bertz CT molecular complexity index is 335. The Hall–Kier alpha value is -0.995. The van der Waals surface area contributed by atoms with Gasteiger partial charge in [-0.1, -0.05) is 17.6 Å². The van der Waals surface area contributed by atoms with Crippen LogP contribution in [0.2, 0.25) is 0 Å². The van der Waals surface area contributed by atoms with E-state index in [9.17, 15) is 0 Å². The molecule has 1 atom stereocenters. The molecule has 1 fully saturated rings. The Morgan fingerprint density at radius 2 is 2.27 bits per heavy atom. The standard InChI is InChI=1S/C11H13BO3/c1-13-10-6-8(2-3-9(10)12)11-7-14-4-5-15-11/h2-3,6,11H,4-5,7H2,1H3. The number of rotatable bonds is 2. The summed E-state index contributed by atoms with van der Waals surface area (Å²) in [7, 11) is 7.34. The molecule has 1 unspecified atom stereocenters. The molecular weight excluding hydrogens is 191 g/mol. The minimum absolute atomic E-state index is 0.00625. The minimum atomic E-state index is -0.00625. The number of methoxy groups -OCH3 is 1. The highest BCUT2D eigenvalue weighted by atomic mass is 16.6. The van der Waals surface area contributed by atoms with E-state index < -0.39 is 0 Å². The number of ether oxygens (including phenoxy) is 3. The first-order valence-electron chi connectivity index (χ1n) is 4.94. The summed E-state index contributed by atoms with van der Waals surface area (Å²) in [5.41, 5.74) is 1.68. The van der Waals surface area contributed by atoms with E-state index in [1.807, 2.05) is 18.2 Å². The summed E-state index contributed by atoms with van der Waals surface area (Å²) >= 11 is 0. The van der Waals surface area contributed by atoms with Gasteiger partial charge < -0.3 is 14.2 Å². The van der Waals surface area contributed by atoms with Crippen molar-refractivity contribution in [3.63, 3.8) is 0 Å². The minimum Gasteiger partial charge on any atom is -0.497 e. The largest absolute Gasteiger partial charge is 0.497 e. The van der Waals surface area contributed by atoms with Crippen molar-refractivity contribution in [3.05, 3.63) is 23.8 Å². The highest BCUT2D eigenvalue weighted by molar-refractivity contribution is 6.34. The number of benzene rings is 1. The van der Waals surface area contributed by atoms with Crippen LogP contribution in [0.4, 0.5) is 0 Å². The van der Waals surface area contributed by atoms with E-state index in [4.69, 9.17) is 22.1 Å². The van der Waals surface area contributed by atoms with Gasteiger partial charge in [0, 0.05) is 0 Å². The van der Waals surface area contributed by atoms with Crippen LogP contribution in [0.5, 0.6) is 5.75 Å². The molecule has 78 valence electrons. The van der Waals surface area contributed by atoms with Crippen molar-refractivity contribution in [1.29, 1.82) is 0 Å². The maximum atomic E-state index is 5.73. The van der Waals surface area contributed by atoms with Gasteiger partial charge in [-0.2, -0.15) is 0 Å². The lowest BCUT2D eigenvalue weighted by molar-refractivity contribution is -0.0901. The molecule has 1 saturated heterocycles. The quantitative estimate of drug-likeness (QED) is 0.659. The summed E-state index contributed by atoms with van der Waals surface area (Å²) in [5, 5.41) is 0. The molecular formula is C11H13BO3. The van der Waals surface area contributed by atoms with E-state index in [1.54, 1.807) is 7.11 Å². The van der Waals surface area contributed by atoms with Gasteiger partial charge in [0.2, 0.25) is 0 Å². The third-order valence-corrected chi connectivity index (χ3v) is 2.45. The fourth-order valence-corrected chi connectivity index (χ4v) is 1.61. The molecule has 2 rings (SSSR count). The molecule has 1 aromatic carbocycles. The van der Waals surface area contributed by atoms with Crippen LogP contribution in [0.1, 0.15) is 11.7 Å². The summed E-state index contributed by atoms with van der Waals surface area (Å²) in [5.74, 6) is 0.682. The molecule has 0 amide bonds. The average molecular weight is 204 g/mol. The average Bonchev–Trinajstić information content (AvgIpc) is 2.31. The van der Waals surface area contributed by atoms with Gasteiger partial charge in [0.05, 0.1) is 26.9 Å². The van der Waals surface area contributed by atoms with Gasteiger partial charge in [-0.3, -0.25) is 0 Å².